The van der Waals surface area contributed by atoms with Crippen LogP contribution < -0.4 is 5.30 Å². The van der Waals surface area contributed by atoms with Crippen LogP contribution in [0.4, 0.5) is 0 Å². The molecular formula is C8H7N6O3P. The zero-order valence-electron chi connectivity index (χ0n) is 8.80. The zero-order valence-corrected chi connectivity index (χ0v) is 9.69. The predicted molar refractivity (Wildman–Crippen MR) is 60.0 cm³/mol. The number of imidazole rings is 1. The number of aromatic amines is 1. The van der Waals surface area contributed by atoms with Gasteiger partial charge in [0.1, 0.15) is 11.3 Å². The van der Waals surface area contributed by atoms with Gasteiger partial charge in [-0.1, -0.05) is 0 Å². The number of fused-ring (bicyclic) bond motifs is 1. The fourth-order valence-corrected chi connectivity index (χ4v) is 2.07. The SMILES string of the molecule is O=P(O)(O)c1ccn2cc(-c3nn[nH]n3)nc2c1. The van der Waals surface area contributed by atoms with Crippen molar-refractivity contribution in [2.24, 2.45) is 0 Å². The van der Waals surface area contributed by atoms with Gasteiger partial charge in [0.25, 0.3) is 0 Å². The van der Waals surface area contributed by atoms with E-state index >= 15 is 0 Å². The van der Waals surface area contributed by atoms with E-state index in [2.05, 4.69) is 25.6 Å². The van der Waals surface area contributed by atoms with Crippen LogP contribution in [0, 0.1) is 0 Å². The van der Waals surface area contributed by atoms with Gasteiger partial charge in [-0.15, -0.1) is 10.2 Å². The number of tetrazole rings is 1. The lowest BCUT2D eigenvalue weighted by Crippen LogP contribution is -2.04. The average Bonchev–Trinajstić information content (AvgIpc) is 2.95. The monoisotopic (exact) mass is 266 g/mol. The number of aromatic nitrogens is 6. The standard InChI is InChI=1S/C8H7N6O3P/c15-18(16,17)5-1-2-14-4-6(9-7(14)3-5)8-10-12-13-11-8/h1-4H,(H2,15,16,17)(H,10,11,12,13). The molecular weight excluding hydrogens is 259 g/mol. The van der Waals surface area contributed by atoms with E-state index in [4.69, 9.17) is 9.79 Å². The number of nitrogens with one attached hydrogen (secondary N) is 1. The molecule has 0 aliphatic rings. The van der Waals surface area contributed by atoms with E-state index in [9.17, 15) is 4.57 Å². The summed E-state index contributed by atoms with van der Waals surface area (Å²) in [6.45, 7) is 0. The van der Waals surface area contributed by atoms with Crippen LogP contribution in [0.2, 0.25) is 0 Å². The molecule has 18 heavy (non-hydrogen) atoms. The minimum absolute atomic E-state index is 0.0831. The Labute approximate surface area is 99.7 Å². The summed E-state index contributed by atoms with van der Waals surface area (Å²) in [5.41, 5.74) is 0.863. The molecule has 0 bridgehead atoms. The zero-order chi connectivity index (χ0) is 12.8. The highest BCUT2D eigenvalue weighted by Gasteiger charge is 2.18. The van der Waals surface area contributed by atoms with E-state index < -0.39 is 7.60 Å². The highest BCUT2D eigenvalue weighted by atomic mass is 31.2. The van der Waals surface area contributed by atoms with Gasteiger partial charge in [0, 0.05) is 12.4 Å². The predicted octanol–water partition coefficient (Wildman–Crippen LogP) is -0.683. The van der Waals surface area contributed by atoms with Gasteiger partial charge in [0.2, 0.25) is 5.82 Å². The van der Waals surface area contributed by atoms with Crippen molar-refractivity contribution in [1.82, 2.24) is 30.0 Å². The first-order chi connectivity index (χ1) is 8.54. The average molecular weight is 266 g/mol. The molecule has 0 aromatic carbocycles. The second kappa shape index (κ2) is 3.70. The highest BCUT2D eigenvalue weighted by Crippen LogP contribution is 2.33. The van der Waals surface area contributed by atoms with Crippen molar-refractivity contribution in [3.05, 3.63) is 24.5 Å². The molecule has 0 unspecified atom stereocenters. The summed E-state index contributed by atoms with van der Waals surface area (Å²) in [6.07, 6.45) is 3.16. The third-order valence-electron chi connectivity index (χ3n) is 2.35. The molecule has 9 nitrogen and oxygen atoms in total. The van der Waals surface area contributed by atoms with Crippen molar-refractivity contribution < 1.29 is 14.4 Å². The quantitative estimate of drug-likeness (QED) is 0.524. The van der Waals surface area contributed by atoms with Crippen LogP contribution >= 0.6 is 7.60 Å². The van der Waals surface area contributed by atoms with E-state index in [0.717, 1.165) is 0 Å². The number of rotatable bonds is 2. The Bertz CT molecular complexity index is 745. The molecule has 3 rings (SSSR count). The van der Waals surface area contributed by atoms with Gasteiger partial charge in [-0.3, -0.25) is 4.57 Å². The molecule has 3 heterocycles. The van der Waals surface area contributed by atoms with Crippen LogP contribution in [0.3, 0.4) is 0 Å². The topological polar surface area (TPSA) is 129 Å². The maximum absolute atomic E-state index is 11.1. The van der Waals surface area contributed by atoms with Crippen LogP contribution in [0.1, 0.15) is 0 Å². The molecule has 0 fully saturated rings. The number of hydrogen-bond donors (Lipinski definition) is 3. The minimum Gasteiger partial charge on any atom is -0.321 e. The first kappa shape index (κ1) is 11.0. The molecule has 3 aromatic heterocycles. The lowest BCUT2D eigenvalue weighted by Gasteiger charge is -2.03. The molecule has 0 amide bonds. The number of H-pyrrole nitrogens is 1. The Morgan fingerprint density at radius 2 is 2.22 bits per heavy atom. The fourth-order valence-electron chi connectivity index (χ4n) is 1.53. The Hall–Kier alpha value is -2.09. The van der Waals surface area contributed by atoms with Crippen molar-refractivity contribution in [3.8, 4) is 11.5 Å². The van der Waals surface area contributed by atoms with Crippen LogP contribution in [0.25, 0.3) is 17.2 Å². The molecule has 0 radical (unpaired) electrons. The smallest absolute Gasteiger partial charge is 0.321 e. The number of hydrogen-bond acceptors (Lipinski definition) is 5. The summed E-state index contributed by atoms with van der Waals surface area (Å²) in [5, 5.41) is 13.2. The van der Waals surface area contributed by atoms with Gasteiger partial charge in [0.15, 0.2) is 0 Å². The number of pyridine rings is 1. The minimum atomic E-state index is -4.28. The van der Waals surface area contributed by atoms with Gasteiger partial charge < -0.3 is 14.2 Å². The van der Waals surface area contributed by atoms with Crippen molar-refractivity contribution >= 4 is 18.5 Å². The lowest BCUT2D eigenvalue weighted by atomic mass is 10.5. The molecule has 3 N–H and O–H groups in total. The molecule has 0 aliphatic heterocycles. The highest BCUT2D eigenvalue weighted by molar-refractivity contribution is 7.60. The van der Waals surface area contributed by atoms with E-state index in [1.165, 1.54) is 18.3 Å². The Balaban J connectivity index is 2.16. The molecule has 0 saturated heterocycles. The molecule has 0 atom stereocenters. The third-order valence-corrected chi connectivity index (χ3v) is 3.31. The first-order valence-electron chi connectivity index (χ1n) is 4.83. The van der Waals surface area contributed by atoms with Crippen molar-refractivity contribution in [1.29, 1.82) is 0 Å². The number of nitrogens with zero attached hydrogens (tertiary/aromatic N) is 5. The summed E-state index contributed by atoms with van der Waals surface area (Å²) in [6, 6.07) is 2.67. The summed E-state index contributed by atoms with van der Waals surface area (Å²) >= 11 is 0. The fraction of sp³-hybridized carbons (Fsp3) is 0. The van der Waals surface area contributed by atoms with E-state index in [-0.39, 0.29) is 5.30 Å². The van der Waals surface area contributed by atoms with Gasteiger partial charge in [-0.05, 0) is 17.3 Å². The molecule has 0 saturated carbocycles. The van der Waals surface area contributed by atoms with Crippen LogP contribution in [0.5, 0.6) is 0 Å². The first-order valence-corrected chi connectivity index (χ1v) is 6.44. The van der Waals surface area contributed by atoms with Gasteiger partial charge in [-0.2, -0.15) is 5.21 Å². The third kappa shape index (κ3) is 1.80. The summed E-state index contributed by atoms with van der Waals surface area (Å²) in [4.78, 5) is 22.3. The summed E-state index contributed by atoms with van der Waals surface area (Å²) < 4.78 is 12.7. The Morgan fingerprint density at radius 1 is 1.39 bits per heavy atom. The Morgan fingerprint density at radius 3 is 2.89 bits per heavy atom. The van der Waals surface area contributed by atoms with Gasteiger partial charge in [0.05, 0.1) is 5.30 Å². The van der Waals surface area contributed by atoms with E-state index in [0.29, 0.717) is 17.2 Å². The van der Waals surface area contributed by atoms with Crippen molar-refractivity contribution in [3.63, 3.8) is 0 Å². The largest absolute Gasteiger partial charge is 0.356 e. The molecule has 0 aliphatic carbocycles. The maximum atomic E-state index is 11.1. The second-order valence-corrected chi connectivity index (χ2v) is 5.16. The molecule has 92 valence electrons. The second-order valence-electron chi connectivity index (χ2n) is 3.56. The lowest BCUT2D eigenvalue weighted by molar-refractivity contribution is 0.387. The van der Waals surface area contributed by atoms with Gasteiger partial charge in [-0.25, -0.2) is 4.98 Å². The molecule has 3 aromatic rings. The van der Waals surface area contributed by atoms with Gasteiger partial charge >= 0.3 is 7.60 Å². The van der Waals surface area contributed by atoms with Crippen LogP contribution in [-0.2, 0) is 4.57 Å². The van der Waals surface area contributed by atoms with Crippen LogP contribution in [-0.4, -0.2) is 39.8 Å². The Kier molecular flexibility index (Phi) is 2.27. The summed E-state index contributed by atoms with van der Waals surface area (Å²) in [5.74, 6) is 0.316. The summed E-state index contributed by atoms with van der Waals surface area (Å²) in [7, 11) is -4.28. The van der Waals surface area contributed by atoms with Crippen LogP contribution in [0.15, 0.2) is 24.5 Å². The van der Waals surface area contributed by atoms with E-state index in [1.807, 2.05) is 0 Å². The van der Waals surface area contributed by atoms with Crippen molar-refractivity contribution in [2.45, 2.75) is 0 Å². The molecule has 0 spiro atoms. The maximum Gasteiger partial charge on any atom is 0.356 e. The normalized spacial score (nSPS) is 12.1. The van der Waals surface area contributed by atoms with E-state index in [1.54, 1.807) is 10.6 Å². The van der Waals surface area contributed by atoms with Crippen molar-refractivity contribution in [2.75, 3.05) is 0 Å². The molecule has 10 heteroatoms.